The minimum atomic E-state index is -1.75. The standard InChI is InChI=1S/C21H20O12/c22-6-14-18(28)19(29)20(30)21(33-14)32-12-5-8(23)4-11-15(12)17(27)13(31-11)3-7-1-9(24)16(26)10(25)2-7/h1-5,14,18-26,28-30H,6H2/b13-3-. The lowest BCUT2D eigenvalue weighted by molar-refractivity contribution is -0.277. The van der Waals surface area contributed by atoms with E-state index in [4.69, 9.17) is 14.2 Å². The third-order valence-corrected chi connectivity index (χ3v) is 5.20. The first-order valence-electron chi connectivity index (χ1n) is 9.64. The van der Waals surface area contributed by atoms with Crippen LogP contribution in [0, 0.1) is 0 Å². The molecule has 5 atom stereocenters. The molecule has 0 amide bonds. The number of Topliss-reactive ketones (excluding diaryl/α,β-unsaturated/α-hetero) is 1. The van der Waals surface area contributed by atoms with Gasteiger partial charge in [0.05, 0.1) is 6.61 Å². The first-order valence-corrected chi connectivity index (χ1v) is 9.64. The van der Waals surface area contributed by atoms with Gasteiger partial charge in [0.15, 0.2) is 23.0 Å². The summed E-state index contributed by atoms with van der Waals surface area (Å²) in [4.78, 5) is 13.0. The molecule has 33 heavy (non-hydrogen) atoms. The van der Waals surface area contributed by atoms with E-state index in [1.54, 1.807) is 0 Å². The van der Waals surface area contributed by atoms with Crippen LogP contribution in [0.15, 0.2) is 30.0 Å². The average molecular weight is 464 g/mol. The summed E-state index contributed by atoms with van der Waals surface area (Å²) < 4.78 is 16.2. The number of hydrogen-bond donors (Lipinski definition) is 8. The third-order valence-electron chi connectivity index (χ3n) is 5.20. The number of phenolic OH excluding ortho intramolecular Hbond substituents is 4. The van der Waals surface area contributed by atoms with Gasteiger partial charge >= 0.3 is 0 Å². The molecule has 0 bridgehead atoms. The molecular formula is C21H20O12. The van der Waals surface area contributed by atoms with E-state index in [2.05, 4.69) is 0 Å². The summed E-state index contributed by atoms with van der Waals surface area (Å²) in [6, 6.07) is 4.32. The number of carbonyl (C=O) groups is 1. The second-order valence-electron chi connectivity index (χ2n) is 7.48. The molecule has 0 aliphatic carbocycles. The van der Waals surface area contributed by atoms with E-state index in [0.717, 1.165) is 30.3 Å². The number of phenols is 4. The van der Waals surface area contributed by atoms with E-state index < -0.39 is 60.3 Å². The van der Waals surface area contributed by atoms with Crippen molar-refractivity contribution in [2.45, 2.75) is 30.7 Å². The number of aliphatic hydroxyl groups is 4. The van der Waals surface area contributed by atoms with Gasteiger partial charge in [-0.05, 0) is 23.8 Å². The Kier molecular flexibility index (Phi) is 5.78. The molecular weight excluding hydrogens is 444 g/mol. The number of fused-ring (bicyclic) bond motifs is 1. The lowest BCUT2D eigenvalue weighted by Crippen LogP contribution is -2.60. The van der Waals surface area contributed by atoms with Crippen LogP contribution in [-0.4, -0.2) is 83.9 Å². The molecule has 0 saturated carbocycles. The van der Waals surface area contributed by atoms with Crippen LogP contribution in [0.1, 0.15) is 15.9 Å². The molecule has 0 radical (unpaired) electrons. The summed E-state index contributed by atoms with van der Waals surface area (Å²) in [7, 11) is 0. The Balaban J connectivity index is 1.66. The van der Waals surface area contributed by atoms with Crippen molar-refractivity contribution >= 4 is 11.9 Å². The number of benzene rings is 2. The highest BCUT2D eigenvalue weighted by Gasteiger charge is 2.45. The molecule has 8 N–H and O–H groups in total. The maximum Gasteiger partial charge on any atom is 0.235 e. The lowest BCUT2D eigenvalue weighted by atomic mass is 9.99. The zero-order chi connectivity index (χ0) is 24.0. The smallest absolute Gasteiger partial charge is 0.235 e. The van der Waals surface area contributed by atoms with Gasteiger partial charge in [0.2, 0.25) is 12.1 Å². The van der Waals surface area contributed by atoms with Gasteiger partial charge in [-0.3, -0.25) is 4.79 Å². The Bertz CT molecular complexity index is 1100. The van der Waals surface area contributed by atoms with Crippen molar-refractivity contribution in [1.29, 1.82) is 0 Å². The van der Waals surface area contributed by atoms with Gasteiger partial charge in [-0.2, -0.15) is 0 Å². The number of allylic oxidation sites excluding steroid dienone is 1. The molecule has 2 aromatic rings. The molecule has 2 aliphatic rings. The van der Waals surface area contributed by atoms with E-state index in [1.807, 2.05) is 0 Å². The molecule has 2 aromatic carbocycles. The molecule has 0 spiro atoms. The SMILES string of the molecule is O=C1/C(=C/c2cc(O)c(O)c(O)c2)Oc2cc(O)cc(OC3OC(CO)C(O)C(O)C3O)c21. The number of carbonyl (C=O) groups excluding carboxylic acids is 1. The molecule has 2 aliphatic heterocycles. The average Bonchev–Trinajstić information content (AvgIpc) is 3.07. The van der Waals surface area contributed by atoms with E-state index in [1.165, 1.54) is 0 Å². The highest BCUT2D eigenvalue weighted by molar-refractivity contribution is 6.16. The van der Waals surface area contributed by atoms with Gasteiger partial charge in [0.25, 0.3) is 0 Å². The third kappa shape index (κ3) is 4.01. The van der Waals surface area contributed by atoms with E-state index in [-0.39, 0.29) is 34.1 Å². The van der Waals surface area contributed by atoms with Gasteiger partial charge in [-0.1, -0.05) is 0 Å². The van der Waals surface area contributed by atoms with Gasteiger partial charge < -0.3 is 55.1 Å². The molecule has 12 heteroatoms. The minimum absolute atomic E-state index is 0.111. The second-order valence-corrected chi connectivity index (χ2v) is 7.48. The fourth-order valence-corrected chi connectivity index (χ4v) is 3.51. The van der Waals surface area contributed by atoms with Crippen molar-refractivity contribution in [3.63, 3.8) is 0 Å². The van der Waals surface area contributed by atoms with Crippen LogP contribution in [-0.2, 0) is 4.74 Å². The second kappa shape index (κ2) is 8.42. The van der Waals surface area contributed by atoms with Gasteiger partial charge in [0.1, 0.15) is 47.2 Å². The highest BCUT2D eigenvalue weighted by atomic mass is 16.7. The number of ether oxygens (including phenoxy) is 3. The normalized spacial score (nSPS) is 27.9. The zero-order valence-electron chi connectivity index (χ0n) is 16.7. The van der Waals surface area contributed by atoms with E-state index >= 15 is 0 Å². The van der Waals surface area contributed by atoms with Crippen LogP contribution in [0.5, 0.6) is 34.5 Å². The molecule has 2 heterocycles. The predicted molar refractivity (Wildman–Crippen MR) is 107 cm³/mol. The van der Waals surface area contributed by atoms with Crippen molar-refractivity contribution < 1.29 is 59.9 Å². The van der Waals surface area contributed by atoms with Crippen LogP contribution in [0.4, 0.5) is 0 Å². The topological polar surface area (TPSA) is 207 Å². The Morgan fingerprint density at radius 3 is 2.24 bits per heavy atom. The fourth-order valence-electron chi connectivity index (χ4n) is 3.51. The summed E-state index contributed by atoms with van der Waals surface area (Å²) in [5.74, 6) is -3.77. The first-order chi connectivity index (χ1) is 15.6. The Labute approximate surface area is 185 Å². The van der Waals surface area contributed by atoms with E-state index in [9.17, 15) is 45.6 Å². The molecule has 176 valence electrons. The summed E-state index contributed by atoms with van der Waals surface area (Å²) in [6.07, 6.45) is -6.79. The summed E-state index contributed by atoms with van der Waals surface area (Å²) in [5.41, 5.74) is -0.0530. The number of aliphatic hydroxyl groups excluding tert-OH is 4. The van der Waals surface area contributed by atoms with Crippen molar-refractivity contribution in [3.05, 3.63) is 41.2 Å². The quantitative estimate of drug-likeness (QED) is 0.209. The maximum atomic E-state index is 13.0. The fraction of sp³-hybridized carbons (Fsp3) is 0.286. The summed E-state index contributed by atoms with van der Waals surface area (Å²) >= 11 is 0. The Morgan fingerprint density at radius 1 is 0.939 bits per heavy atom. The van der Waals surface area contributed by atoms with Crippen molar-refractivity contribution in [2.75, 3.05) is 6.61 Å². The predicted octanol–water partition coefficient (Wildman–Crippen LogP) is -0.696. The first kappa shape index (κ1) is 22.6. The van der Waals surface area contributed by atoms with Crippen molar-refractivity contribution in [2.24, 2.45) is 0 Å². The number of ketones is 1. The van der Waals surface area contributed by atoms with Crippen LogP contribution in [0.3, 0.4) is 0 Å². The number of aromatic hydroxyl groups is 4. The van der Waals surface area contributed by atoms with Crippen molar-refractivity contribution in [3.8, 4) is 34.5 Å². The Morgan fingerprint density at radius 2 is 1.61 bits per heavy atom. The zero-order valence-corrected chi connectivity index (χ0v) is 16.7. The Hall–Kier alpha value is -3.55. The van der Waals surface area contributed by atoms with Gasteiger partial charge in [-0.25, -0.2) is 0 Å². The number of hydrogen-bond acceptors (Lipinski definition) is 12. The number of rotatable bonds is 4. The monoisotopic (exact) mass is 464 g/mol. The molecule has 4 rings (SSSR count). The lowest BCUT2D eigenvalue weighted by Gasteiger charge is -2.39. The molecule has 1 fully saturated rings. The summed E-state index contributed by atoms with van der Waals surface area (Å²) in [6.45, 7) is -0.690. The largest absolute Gasteiger partial charge is 0.508 e. The van der Waals surface area contributed by atoms with Crippen LogP contribution >= 0.6 is 0 Å². The van der Waals surface area contributed by atoms with Gasteiger partial charge in [-0.15, -0.1) is 0 Å². The molecule has 1 saturated heterocycles. The maximum absolute atomic E-state index is 13.0. The van der Waals surface area contributed by atoms with E-state index in [0.29, 0.717) is 0 Å². The van der Waals surface area contributed by atoms with Crippen molar-refractivity contribution in [1.82, 2.24) is 0 Å². The van der Waals surface area contributed by atoms with Crippen LogP contribution < -0.4 is 9.47 Å². The van der Waals surface area contributed by atoms with Gasteiger partial charge in [0, 0.05) is 12.1 Å². The summed E-state index contributed by atoms with van der Waals surface area (Å²) in [5, 5.41) is 78.1. The molecule has 12 nitrogen and oxygen atoms in total. The molecule has 5 unspecified atom stereocenters. The van der Waals surface area contributed by atoms with Crippen LogP contribution in [0.2, 0.25) is 0 Å². The minimum Gasteiger partial charge on any atom is -0.508 e. The molecule has 0 aromatic heterocycles. The van der Waals surface area contributed by atoms with Crippen LogP contribution in [0.25, 0.3) is 6.08 Å². The highest BCUT2D eigenvalue weighted by Crippen LogP contribution is 2.43.